The molecule has 6 nitrogen and oxygen atoms in total. The molecule has 0 N–H and O–H groups in total. The number of rotatable bonds is 5. The lowest BCUT2D eigenvalue weighted by Crippen LogP contribution is -2.35. The SMILES string of the molecule is O=[N+]([O-])c1cc(CN2CCOCC2)ccc1Sc1nc2ccccc2s1. The maximum atomic E-state index is 11.6. The maximum absolute atomic E-state index is 11.6. The predicted molar refractivity (Wildman–Crippen MR) is 103 cm³/mol. The Hall–Kier alpha value is -2.00. The Morgan fingerprint density at radius 2 is 2.04 bits per heavy atom. The Bertz CT molecular complexity index is 905. The first-order valence-corrected chi connectivity index (χ1v) is 9.93. The Kier molecular flexibility index (Phi) is 5.16. The summed E-state index contributed by atoms with van der Waals surface area (Å²) in [5, 5.41) is 11.6. The molecule has 26 heavy (non-hydrogen) atoms. The van der Waals surface area contributed by atoms with Gasteiger partial charge in [0.15, 0.2) is 4.34 Å². The summed E-state index contributed by atoms with van der Waals surface area (Å²) in [6, 6.07) is 13.4. The summed E-state index contributed by atoms with van der Waals surface area (Å²) in [7, 11) is 0. The van der Waals surface area contributed by atoms with Gasteiger partial charge in [-0.25, -0.2) is 4.98 Å². The number of morpholine rings is 1. The molecule has 8 heteroatoms. The molecule has 0 amide bonds. The van der Waals surface area contributed by atoms with E-state index in [1.807, 2.05) is 36.4 Å². The molecule has 0 unspecified atom stereocenters. The highest BCUT2D eigenvalue weighted by atomic mass is 32.2. The molecular formula is C18H17N3O3S2. The topological polar surface area (TPSA) is 68.5 Å². The first kappa shape index (κ1) is 17.4. The van der Waals surface area contributed by atoms with Gasteiger partial charge in [-0.3, -0.25) is 15.0 Å². The van der Waals surface area contributed by atoms with E-state index in [4.69, 9.17) is 4.74 Å². The van der Waals surface area contributed by atoms with Gasteiger partial charge in [-0.05, 0) is 23.8 Å². The molecule has 1 aromatic heterocycles. The highest BCUT2D eigenvalue weighted by Crippen LogP contribution is 2.39. The van der Waals surface area contributed by atoms with Crippen molar-refractivity contribution in [2.75, 3.05) is 26.3 Å². The van der Waals surface area contributed by atoms with Gasteiger partial charge in [-0.1, -0.05) is 30.0 Å². The van der Waals surface area contributed by atoms with Crippen molar-refractivity contribution in [2.24, 2.45) is 0 Å². The van der Waals surface area contributed by atoms with Crippen LogP contribution in [-0.2, 0) is 11.3 Å². The number of benzene rings is 2. The van der Waals surface area contributed by atoms with Crippen molar-refractivity contribution in [3.8, 4) is 0 Å². The largest absolute Gasteiger partial charge is 0.379 e. The van der Waals surface area contributed by atoms with Crippen LogP contribution in [0.4, 0.5) is 5.69 Å². The number of nitro benzene ring substituents is 1. The van der Waals surface area contributed by atoms with E-state index >= 15 is 0 Å². The second kappa shape index (κ2) is 7.71. The van der Waals surface area contributed by atoms with Crippen LogP contribution in [0.3, 0.4) is 0 Å². The monoisotopic (exact) mass is 387 g/mol. The molecule has 1 fully saturated rings. The van der Waals surface area contributed by atoms with Crippen molar-refractivity contribution in [3.05, 3.63) is 58.1 Å². The Labute approximate surface area is 158 Å². The van der Waals surface area contributed by atoms with Crippen molar-refractivity contribution >= 4 is 39.0 Å². The van der Waals surface area contributed by atoms with Gasteiger partial charge in [0.25, 0.3) is 5.69 Å². The second-order valence-corrected chi connectivity index (χ2v) is 8.32. The van der Waals surface area contributed by atoms with E-state index in [0.29, 0.717) is 24.7 Å². The quantitative estimate of drug-likeness (QED) is 0.483. The van der Waals surface area contributed by atoms with E-state index in [1.165, 1.54) is 11.8 Å². The normalized spacial score (nSPS) is 15.4. The molecule has 0 atom stereocenters. The molecule has 1 saturated heterocycles. The van der Waals surface area contributed by atoms with Gasteiger partial charge in [0.05, 0.1) is 33.2 Å². The average Bonchev–Trinajstić information content (AvgIpc) is 3.06. The lowest BCUT2D eigenvalue weighted by molar-refractivity contribution is -0.387. The van der Waals surface area contributed by atoms with Crippen molar-refractivity contribution in [2.45, 2.75) is 15.8 Å². The zero-order chi connectivity index (χ0) is 17.9. The van der Waals surface area contributed by atoms with E-state index in [0.717, 1.165) is 33.2 Å². The molecule has 2 heterocycles. The highest BCUT2D eigenvalue weighted by Gasteiger charge is 2.19. The van der Waals surface area contributed by atoms with E-state index in [9.17, 15) is 10.1 Å². The molecule has 4 rings (SSSR count). The third-order valence-electron chi connectivity index (χ3n) is 4.20. The molecule has 134 valence electrons. The number of aromatic nitrogens is 1. The summed E-state index contributed by atoms with van der Waals surface area (Å²) >= 11 is 2.91. The molecule has 1 aliphatic rings. The van der Waals surface area contributed by atoms with Crippen LogP contribution in [0.15, 0.2) is 51.7 Å². The summed E-state index contributed by atoms with van der Waals surface area (Å²) in [6.45, 7) is 3.85. The fourth-order valence-electron chi connectivity index (χ4n) is 2.90. The number of thiazole rings is 1. The summed E-state index contributed by atoms with van der Waals surface area (Å²) in [4.78, 5) is 18.7. The van der Waals surface area contributed by atoms with Crippen molar-refractivity contribution in [1.29, 1.82) is 0 Å². The zero-order valence-corrected chi connectivity index (χ0v) is 15.6. The summed E-state index contributed by atoms with van der Waals surface area (Å²) < 4.78 is 7.25. The standard InChI is InChI=1S/C18H17N3O3S2/c22-21(23)15-11-13(12-20-7-9-24-10-8-20)5-6-17(15)26-18-19-14-3-1-2-4-16(14)25-18/h1-6,11H,7-10,12H2. The Balaban J connectivity index is 1.57. The zero-order valence-electron chi connectivity index (χ0n) is 14.0. The van der Waals surface area contributed by atoms with Gasteiger partial charge in [-0.15, -0.1) is 11.3 Å². The lowest BCUT2D eigenvalue weighted by Gasteiger charge is -2.26. The summed E-state index contributed by atoms with van der Waals surface area (Å²) in [5.41, 5.74) is 2.01. The van der Waals surface area contributed by atoms with Crippen molar-refractivity contribution < 1.29 is 9.66 Å². The highest BCUT2D eigenvalue weighted by molar-refractivity contribution is 8.01. The third kappa shape index (κ3) is 3.88. The number of ether oxygens (including phenoxy) is 1. The minimum absolute atomic E-state index is 0.139. The van der Waals surface area contributed by atoms with Crippen LogP contribution in [0.2, 0.25) is 0 Å². The number of nitrogens with zero attached hydrogens (tertiary/aromatic N) is 3. The Morgan fingerprint density at radius 1 is 1.23 bits per heavy atom. The molecule has 0 bridgehead atoms. The fraction of sp³-hybridized carbons (Fsp3) is 0.278. The molecule has 1 aliphatic heterocycles. The van der Waals surface area contributed by atoms with E-state index in [1.54, 1.807) is 17.4 Å². The fourth-order valence-corrected chi connectivity index (χ4v) is 5.01. The van der Waals surface area contributed by atoms with Crippen LogP contribution in [0, 0.1) is 10.1 Å². The van der Waals surface area contributed by atoms with Gasteiger partial charge in [-0.2, -0.15) is 0 Å². The third-order valence-corrected chi connectivity index (χ3v) is 6.36. The smallest absolute Gasteiger partial charge is 0.283 e. The summed E-state index contributed by atoms with van der Waals surface area (Å²) in [5.74, 6) is 0. The van der Waals surface area contributed by atoms with Gasteiger partial charge in [0.1, 0.15) is 0 Å². The summed E-state index contributed by atoms with van der Waals surface area (Å²) in [6.07, 6.45) is 0. The number of hydrogen-bond donors (Lipinski definition) is 0. The number of fused-ring (bicyclic) bond motifs is 1. The van der Waals surface area contributed by atoms with Crippen LogP contribution in [-0.4, -0.2) is 41.1 Å². The molecular weight excluding hydrogens is 370 g/mol. The molecule has 0 aliphatic carbocycles. The van der Waals surface area contributed by atoms with Crippen LogP contribution < -0.4 is 0 Å². The van der Waals surface area contributed by atoms with Crippen molar-refractivity contribution in [3.63, 3.8) is 0 Å². The molecule has 3 aromatic rings. The lowest BCUT2D eigenvalue weighted by atomic mass is 10.2. The van der Waals surface area contributed by atoms with Crippen LogP contribution in [0.25, 0.3) is 10.2 Å². The first-order valence-electron chi connectivity index (χ1n) is 8.30. The van der Waals surface area contributed by atoms with Gasteiger partial charge < -0.3 is 4.74 Å². The predicted octanol–water partition coefficient (Wildman–Crippen LogP) is 4.19. The van der Waals surface area contributed by atoms with Crippen LogP contribution in [0.5, 0.6) is 0 Å². The number of hydrogen-bond acceptors (Lipinski definition) is 7. The van der Waals surface area contributed by atoms with Gasteiger partial charge >= 0.3 is 0 Å². The van der Waals surface area contributed by atoms with E-state index in [-0.39, 0.29) is 10.6 Å². The van der Waals surface area contributed by atoms with Crippen LogP contribution >= 0.6 is 23.1 Å². The van der Waals surface area contributed by atoms with Crippen molar-refractivity contribution in [1.82, 2.24) is 9.88 Å². The number of nitro groups is 1. The minimum atomic E-state index is -0.307. The number of para-hydroxylation sites is 1. The van der Waals surface area contributed by atoms with Crippen LogP contribution in [0.1, 0.15) is 5.56 Å². The first-order chi connectivity index (χ1) is 12.7. The van der Waals surface area contributed by atoms with Gasteiger partial charge in [0.2, 0.25) is 0 Å². The molecule has 0 radical (unpaired) electrons. The minimum Gasteiger partial charge on any atom is -0.379 e. The molecule has 0 spiro atoms. The van der Waals surface area contributed by atoms with E-state index < -0.39 is 0 Å². The Morgan fingerprint density at radius 3 is 2.81 bits per heavy atom. The second-order valence-electron chi connectivity index (χ2n) is 6.00. The van der Waals surface area contributed by atoms with Gasteiger partial charge in [0, 0.05) is 25.7 Å². The molecule has 2 aromatic carbocycles. The maximum Gasteiger partial charge on any atom is 0.283 e. The average molecular weight is 387 g/mol. The van der Waals surface area contributed by atoms with E-state index in [2.05, 4.69) is 9.88 Å². The molecule has 0 saturated carbocycles.